The maximum Gasteiger partial charge on any atom is 0.255 e. The van der Waals surface area contributed by atoms with Crippen LogP contribution in [-0.2, 0) is 6.42 Å². The van der Waals surface area contributed by atoms with Gasteiger partial charge in [0.2, 0.25) is 0 Å². The SMILES string of the molecule is Cc1cc(C(=O)Nc2cc(OCCCN(C)C)ccc2N)c(C)cc1C(=O)Cc1cc(OCCCN(C)C)ccc1N. The molecule has 0 atom stereocenters. The molecule has 3 rings (SSSR count). The van der Waals surface area contributed by atoms with Gasteiger partial charge in [0, 0.05) is 42.4 Å². The molecular formula is C33H45N5O4. The van der Waals surface area contributed by atoms with Crippen molar-refractivity contribution in [2.75, 3.05) is 71.3 Å². The standard InChI is InChI=1S/C33H45N5O4/c1-22-18-28(33(40)36-31-21-26(10-12-30(31)35)42-16-8-14-38(5)6)23(2)17-27(22)32(39)20-24-19-25(9-11-29(24)34)41-15-7-13-37(3)4/h9-12,17-19,21H,7-8,13-16,20,34-35H2,1-6H3,(H,36,40). The zero-order valence-electron chi connectivity index (χ0n) is 25.8. The zero-order chi connectivity index (χ0) is 30.8. The van der Waals surface area contributed by atoms with Gasteiger partial charge in [0.15, 0.2) is 5.78 Å². The summed E-state index contributed by atoms with van der Waals surface area (Å²) in [5.74, 6) is 0.930. The Bertz CT molecular complexity index is 1280. The number of nitrogen functional groups attached to an aromatic ring is 2. The summed E-state index contributed by atoms with van der Waals surface area (Å²) in [5.41, 5.74) is 16.9. The van der Waals surface area contributed by atoms with Gasteiger partial charge in [-0.15, -0.1) is 0 Å². The van der Waals surface area contributed by atoms with E-state index in [4.69, 9.17) is 20.9 Å². The Morgan fingerprint density at radius 2 is 1.26 bits per heavy atom. The van der Waals surface area contributed by atoms with Crippen LogP contribution >= 0.6 is 0 Å². The molecule has 0 saturated carbocycles. The molecular weight excluding hydrogens is 530 g/mol. The van der Waals surface area contributed by atoms with E-state index >= 15 is 0 Å². The highest BCUT2D eigenvalue weighted by Crippen LogP contribution is 2.27. The first kappa shape index (κ1) is 32.4. The van der Waals surface area contributed by atoms with E-state index in [-0.39, 0.29) is 18.1 Å². The van der Waals surface area contributed by atoms with Gasteiger partial charge in [0.05, 0.1) is 24.6 Å². The molecule has 0 unspecified atom stereocenters. The first-order valence-electron chi connectivity index (χ1n) is 14.2. The Hall–Kier alpha value is -4.08. The lowest BCUT2D eigenvalue weighted by Gasteiger charge is -2.15. The van der Waals surface area contributed by atoms with Crippen molar-refractivity contribution in [3.63, 3.8) is 0 Å². The summed E-state index contributed by atoms with van der Waals surface area (Å²) in [6, 6.07) is 14.2. The summed E-state index contributed by atoms with van der Waals surface area (Å²) in [6.07, 6.45) is 1.91. The monoisotopic (exact) mass is 575 g/mol. The number of carbonyl (C=O) groups is 2. The molecule has 9 nitrogen and oxygen atoms in total. The van der Waals surface area contributed by atoms with Gasteiger partial charge in [-0.25, -0.2) is 0 Å². The number of nitrogens with one attached hydrogen (secondary N) is 1. The van der Waals surface area contributed by atoms with Crippen LogP contribution in [0.25, 0.3) is 0 Å². The number of benzene rings is 3. The number of amides is 1. The summed E-state index contributed by atoms with van der Waals surface area (Å²) in [5, 5.41) is 2.90. The molecule has 0 heterocycles. The summed E-state index contributed by atoms with van der Waals surface area (Å²) in [7, 11) is 8.08. The highest BCUT2D eigenvalue weighted by Gasteiger charge is 2.18. The smallest absolute Gasteiger partial charge is 0.255 e. The molecule has 0 aromatic heterocycles. The van der Waals surface area contributed by atoms with Crippen molar-refractivity contribution >= 4 is 28.8 Å². The number of anilines is 3. The van der Waals surface area contributed by atoms with Gasteiger partial charge >= 0.3 is 0 Å². The molecule has 0 bridgehead atoms. The molecule has 1 amide bonds. The number of hydrogen-bond donors (Lipinski definition) is 3. The van der Waals surface area contributed by atoms with Crippen LogP contribution in [0.2, 0.25) is 0 Å². The topological polar surface area (TPSA) is 123 Å². The van der Waals surface area contributed by atoms with Crippen molar-refractivity contribution in [2.45, 2.75) is 33.1 Å². The lowest BCUT2D eigenvalue weighted by molar-refractivity contribution is 0.0988. The summed E-state index contributed by atoms with van der Waals surface area (Å²) >= 11 is 0. The summed E-state index contributed by atoms with van der Waals surface area (Å²) < 4.78 is 11.7. The third-order valence-electron chi connectivity index (χ3n) is 6.89. The number of rotatable bonds is 15. The van der Waals surface area contributed by atoms with Crippen LogP contribution in [-0.4, -0.2) is 76.0 Å². The van der Waals surface area contributed by atoms with Crippen LogP contribution in [0.3, 0.4) is 0 Å². The Labute approximate surface area is 249 Å². The molecule has 3 aromatic carbocycles. The number of ether oxygens (including phenoxy) is 2. The minimum atomic E-state index is -0.311. The molecule has 0 aliphatic heterocycles. The number of carbonyl (C=O) groups excluding carboxylic acids is 2. The van der Waals surface area contributed by atoms with Gasteiger partial charge < -0.3 is 36.1 Å². The highest BCUT2D eigenvalue weighted by molar-refractivity contribution is 6.08. The normalized spacial score (nSPS) is 11.1. The molecule has 0 spiro atoms. The maximum atomic E-state index is 13.4. The summed E-state index contributed by atoms with van der Waals surface area (Å²) in [4.78, 5) is 30.8. The van der Waals surface area contributed by atoms with Crippen LogP contribution in [0.15, 0.2) is 48.5 Å². The van der Waals surface area contributed by atoms with Crippen molar-refractivity contribution in [2.24, 2.45) is 0 Å². The molecule has 0 aliphatic rings. The molecule has 9 heteroatoms. The van der Waals surface area contributed by atoms with Gasteiger partial charge in [0.1, 0.15) is 11.5 Å². The molecule has 226 valence electrons. The van der Waals surface area contributed by atoms with Gasteiger partial charge in [-0.2, -0.15) is 0 Å². The van der Waals surface area contributed by atoms with Crippen molar-refractivity contribution in [1.82, 2.24) is 9.80 Å². The van der Waals surface area contributed by atoms with E-state index in [2.05, 4.69) is 15.1 Å². The number of hydrogen-bond acceptors (Lipinski definition) is 8. The Balaban J connectivity index is 1.69. The Morgan fingerprint density at radius 3 is 1.86 bits per heavy atom. The second kappa shape index (κ2) is 15.2. The predicted octanol–water partition coefficient (Wildman–Crippen LogP) is 4.81. The average molecular weight is 576 g/mol. The van der Waals surface area contributed by atoms with Gasteiger partial charge in [-0.05, 0) is 114 Å². The second-order valence-electron chi connectivity index (χ2n) is 11.2. The minimum Gasteiger partial charge on any atom is -0.494 e. The Kier molecular flexibility index (Phi) is 11.8. The third-order valence-corrected chi connectivity index (χ3v) is 6.89. The van der Waals surface area contributed by atoms with E-state index in [1.807, 2.05) is 54.2 Å². The number of nitrogens with zero attached hydrogens (tertiary/aromatic N) is 2. The number of ketones is 1. The maximum absolute atomic E-state index is 13.4. The fourth-order valence-electron chi connectivity index (χ4n) is 4.52. The number of aryl methyl sites for hydroxylation is 2. The van der Waals surface area contributed by atoms with Crippen LogP contribution in [0.4, 0.5) is 17.1 Å². The quantitative estimate of drug-likeness (QED) is 0.134. The van der Waals surface area contributed by atoms with E-state index in [0.29, 0.717) is 69.6 Å². The molecule has 3 aromatic rings. The average Bonchev–Trinajstić information content (AvgIpc) is 2.93. The van der Waals surface area contributed by atoms with E-state index in [1.165, 1.54) is 0 Å². The van der Waals surface area contributed by atoms with E-state index in [0.717, 1.165) is 25.9 Å². The highest BCUT2D eigenvalue weighted by atomic mass is 16.5. The van der Waals surface area contributed by atoms with E-state index in [1.54, 1.807) is 36.4 Å². The fourth-order valence-corrected chi connectivity index (χ4v) is 4.52. The molecule has 0 radical (unpaired) electrons. The van der Waals surface area contributed by atoms with E-state index in [9.17, 15) is 9.59 Å². The first-order valence-corrected chi connectivity index (χ1v) is 14.2. The van der Waals surface area contributed by atoms with Crippen molar-refractivity contribution in [3.05, 3.63) is 76.3 Å². The van der Waals surface area contributed by atoms with Crippen molar-refractivity contribution in [1.29, 1.82) is 0 Å². The number of nitrogens with two attached hydrogens (primary N) is 2. The number of Topliss-reactive ketones (excluding diaryl/α,β-unsaturated/α-hetero) is 1. The Morgan fingerprint density at radius 1 is 0.738 bits per heavy atom. The van der Waals surface area contributed by atoms with Gasteiger partial charge in [-0.1, -0.05) is 0 Å². The molecule has 0 fully saturated rings. The molecule has 42 heavy (non-hydrogen) atoms. The second-order valence-corrected chi connectivity index (χ2v) is 11.2. The van der Waals surface area contributed by atoms with E-state index < -0.39 is 0 Å². The van der Waals surface area contributed by atoms with Crippen LogP contribution in [0.1, 0.15) is 50.2 Å². The first-order chi connectivity index (χ1) is 19.9. The van der Waals surface area contributed by atoms with Crippen molar-refractivity contribution in [3.8, 4) is 11.5 Å². The van der Waals surface area contributed by atoms with Gasteiger partial charge in [0.25, 0.3) is 5.91 Å². The molecule has 0 aliphatic carbocycles. The van der Waals surface area contributed by atoms with Crippen LogP contribution in [0.5, 0.6) is 11.5 Å². The molecule has 0 saturated heterocycles. The van der Waals surface area contributed by atoms with Crippen molar-refractivity contribution < 1.29 is 19.1 Å². The zero-order valence-corrected chi connectivity index (χ0v) is 25.8. The fraction of sp³-hybridized carbons (Fsp3) is 0.394. The molecule has 5 N–H and O–H groups in total. The largest absolute Gasteiger partial charge is 0.494 e. The van der Waals surface area contributed by atoms with Crippen LogP contribution < -0.4 is 26.3 Å². The lowest BCUT2D eigenvalue weighted by atomic mass is 9.93. The lowest BCUT2D eigenvalue weighted by Crippen LogP contribution is -2.17. The third kappa shape index (κ3) is 9.49. The minimum absolute atomic E-state index is 0.0811. The summed E-state index contributed by atoms with van der Waals surface area (Å²) in [6.45, 7) is 6.63. The van der Waals surface area contributed by atoms with Gasteiger partial charge in [-0.3, -0.25) is 9.59 Å². The van der Waals surface area contributed by atoms with Crippen LogP contribution in [0, 0.1) is 13.8 Å². The predicted molar refractivity (Wildman–Crippen MR) is 171 cm³/mol.